The van der Waals surface area contributed by atoms with Crippen LogP contribution >= 0.6 is 0 Å². The van der Waals surface area contributed by atoms with E-state index in [9.17, 15) is 4.79 Å². The molecule has 172 valence electrons. The third kappa shape index (κ3) is 5.42. The van der Waals surface area contributed by atoms with Crippen LogP contribution in [0.15, 0.2) is 54.7 Å². The molecule has 1 fully saturated rings. The van der Waals surface area contributed by atoms with E-state index in [4.69, 9.17) is 15.2 Å². The number of aryl methyl sites for hydroxylation is 1. The summed E-state index contributed by atoms with van der Waals surface area (Å²) in [6.45, 7) is 1.41. The molecular formula is C26H30N4O3. The Balaban J connectivity index is 1.47. The van der Waals surface area contributed by atoms with Crippen molar-refractivity contribution >= 4 is 11.9 Å². The van der Waals surface area contributed by atoms with Gasteiger partial charge in [0.15, 0.2) is 0 Å². The number of aromatic nitrogens is 2. The predicted molar refractivity (Wildman–Crippen MR) is 128 cm³/mol. The van der Waals surface area contributed by atoms with Gasteiger partial charge < -0.3 is 20.1 Å². The van der Waals surface area contributed by atoms with E-state index < -0.39 is 0 Å². The van der Waals surface area contributed by atoms with Crippen molar-refractivity contribution < 1.29 is 14.3 Å². The Morgan fingerprint density at radius 2 is 1.73 bits per heavy atom. The monoisotopic (exact) mass is 446 g/mol. The lowest BCUT2D eigenvalue weighted by molar-refractivity contribution is -0.132. The number of anilines is 1. The zero-order chi connectivity index (χ0) is 23.2. The van der Waals surface area contributed by atoms with Crippen molar-refractivity contribution in [2.75, 3.05) is 33.0 Å². The third-order valence-corrected chi connectivity index (χ3v) is 6.19. The van der Waals surface area contributed by atoms with Crippen LogP contribution in [-0.4, -0.2) is 48.1 Å². The highest BCUT2D eigenvalue weighted by molar-refractivity contribution is 5.77. The lowest BCUT2D eigenvalue weighted by atomic mass is 9.89. The van der Waals surface area contributed by atoms with Gasteiger partial charge in [0.1, 0.15) is 11.5 Å². The third-order valence-electron chi connectivity index (χ3n) is 6.19. The summed E-state index contributed by atoms with van der Waals surface area (Å²) in [6.07, 6.45) is 4.87. The zero-order valence-electron chi connectivity index (χ0n) is 19.2. The first kappa shape index (κ1) is 22.6. The van der Waals surface area contributed by atoms with Crippen molar-refractivity contribution in [1.82, 2.24) is 14.9 Å². The van der Waals surface area contributed by atoms with Crippen molar-refractivity contribution in [2.45, 2.75) is 31.6 Å². The summed E-state index contributed by atoms with van der Waals surface area (Å²) in [5, 5.41) is 0. The molecule has 33 heavy (non-hydrogen) atoms. The Hall–Kier alpha value is -3.61. The van der Waals surface area contributed by atoms with Gasteiger partial charge in [-0.25, -0.2) is 9.97 Å². The van der Waals surface area contributed by atoms with Crippen LogP contribution in [0.3, 0.4) is 0 Å². The summed E-state index contributed by atoms with van der Waals surface area (Å²) in [6, 6.07) is 15.7. The number of hydrogen-bond donors (Lipinski definition) is 1. The smallest absolute Gasteiger partial charge is 0.222 e. The SMILES string of the molecule is COc1ccc(CCC(=O)N2CCCC(c3nc(N)ncc3-c3ccc(OC)cc3)C2)cc1. The summed E-state index contributed by atoms with van der Waals surface area (Å²) in [5.74, 6) is 2.16. The van der Waals surface area contributed by atoms with Gasteiger partial charge in [-0.1, -0.05) is 24.3 Å². The Kier molecular flexibility index (Phi) is 7.07. The van der Waals surface area contributed by atoms with Gasteiger partial charge in [0.25, 0.3) is 0 Å². The number of carbonyl (C=O) groups excluding carboxylic acids is 1. The summed E-state index contributed by atoms with van der Waals surface area (Å²) in [5.41, 5.74) is 9.94. The molecule has 2 N–H and O–H groups in total. The fraction of sp³-hybridized carbons (Fsp3) is 0.346. The van der Waals surface area contributed by atoms with Gasteiger partial charge in [0.2, 0.25) is 11.9 Å². The average Bonchev–Trinajstić information content (AvgIpc) is 2.87. The van der Waals surface area contributed by atoms with E-state index >= 15 is 0 Å². The molecule has 0 spiro atoms. The molecule has 7 heteroatoms. The molecule has 7 nitrogen and oxygen atoms in total. The second-order valence-electron chi connectivity index (χ2n) is 8.28. The molecule has 4 rings (SSSR count). The summed E-state index contributed by atoms with van der Waals surface area (Å²) in [4.78, 5) is 23.8. The number of ether oxygens (including phenoxy) is 2. The first-order chi connectivity index (χ1) is 16.1. The maximum atomic E-state index is 13.0. The molecule has 1 aliphatic rings. The van der Waals surface area contributed by atoms with Gasteiger partial charge in [-0.3, -0.25) is 4.79 Å². The summed E-state index contributed by atoms with van der Waals surface area (Å²) < 4.78 is 10.5. The molecule has 1 aromatic heterocycles. The van der Waals surface area contributed by atoms with Crippen LogP contribution in [0.25, 0.3) is 11.1 Å². The number of piperidine rings is 1. The van der Waals surface area contributed by atoms with E-state index in [0.29, 0.717) is 19.4 Å². The number of methoxy groups -OCH3 is 2. The minimum atomic E-state index is 0.117. The maximum absolute atomic E-state index is 13.0. The van der Waals surface area contributed by atoms with E-state index in [0.717, 1.165) is 53.3 Å². The molecule has 1 saturated heterocycles. The van der Waals surface area contributed by atoms with Gasteiger partial charge >= 0.3 is 0 Å². The van der Waals surface area contributed by atoms with Gasteiger partial charge in [0, 0.05) is 37.2 Å². The molecule has 1 unspecified atom stereocenters. The molecule has 0 saturated carbocycles. The van der Waals surface area contributed by atoms with Crippen molar-refractivity contribution in [3.05, 3.63) is 66.0 Å². The number of benzene rings is 2. The van der Waals surface area contributed by atoms with E-state index in [2.05, 4.69) is 9.97 Å². The molecule has 1 amide bonds. The molecule has 3 aromatic rings. The predicted octanol–water partition coefficient (Wildman–Crippen LogP) is 4.08. The molecule has 1 aliphatic heterocycles. The Bertz CT molecular complexity index is 1080. The highest BCUT2D eigenvalue weighted by atomic mass is 16.5. The topological polar surface area (TPSA) is 90.6 Å². The van der Waals surface area contributed by atoms with Gasteiger partial charge in [-0.15, -0.1) is 0 Å². The molecular weight excluding hydrogens is 416 g/mol. The van der Waals surface area contributed by atoms with Crippen molar-refractivity contribution in [2.24, 2.45) is 0 Å². The zero-order valence-corrected chi connectivity index (χ0v) is 19.2. The number of nitrogens with zero attached hydrogens (tertiary/aromatic N) is 3. The van der Waals surface area contributed by atoms with Crippen LogP contribution in [-0.2, 0) is 11.2 Å². The fourth-order valence-corrected chi connectivity index (χ4v) is 4.34. The first-order valence-corrected chi connectivity index (χ1v) is 11.2. The maximum Gasteiger partial charge on any atom is 0.222 e. The Morgan fingerprint density at radius 1 is 1.06 bits per heavy atom. The van der Waals surface area contributed by atoms with Crippen molar-refractivity contribution in [1.29, 1.82) is 0 Å². The molecule has 2 aromatic carbocycles. The largest absolute Gasteiger partial charge is 0.497 e. The van der Waals surface area contributed by atoms with Gasteiger partial charge in [-0.05, 0) is 54.7 Å². The minimum Gasteiger partial charge on any atom is -0.497 e. The fourth-order valence-electron chi connectivity index (χ4n) is 4.34. The van der Waals surface area contributed by atoms with Crippen LogP contribution in [0, 0.1) is 0 Å². The quantitative estimate of drug-likeness (QED) is 0.588. The number of rotatable bonds is 7. The number of likely N-dealkylation sites (tertiary alicyclic amines) is 1. The van der Waals surface area contributed by atoms with Crippen LogP contribution in [0.1, 0.15) is 36.4 Å². The lowest BCUT2D eigenvalue weighted by Crippen LogP contribution is -2.39. The highest BCUT2D eigenvalue weighted by Gasteiger charge is 2.28. The average molecular weight is 447 g/mol. The van der Waals surface area contributed by atoms with E-state index in [1.165, 1.54) is 0 Å². The van der Waals surface area contributed by atoms with Gasteiger partial charge in [-0.2, -0.15) is 0 Å². The van der Waals surface area contributed by atoms with Crippen LogP contribution in [0.5, 0.6) is 11.5 Å². The molecule has 0 aliphatic carbocycles. The van der Waals surface area contributed by atoms with Crippen LogP contribution in [0.4, 0.5) is 5.95 Å². The summed E-state index contributed by atoms with van der Waals surface area (Å²) >= 11 is 0. The Labute approximate surface area is 194 Å². The number of carbonyl (C=O) groups is 1. The Morgan fingerprint density at radius 3 is 2.39 bits per heavy atom. The van der Waals surface area contributed by atoms with Crippen LogP contribution < -0.4 is 15.2 Å². The molecule has 0 bridgehead atoms. The molecule has 1 atom stereocenters. The highest BCUT2D eigenvalue weighted by Crippen LogP contribution is 2.34. The van der Waals surface area contributed by atoms with Crippen molar-refractivity contribution in [3.63, 3.8) is 0 Å². The van der Waals surface area contributed by atoms with E-state index in [1.807, 2.05) is 53.4 Å². The number of nitrogen functional groups attached to an aromatic ring is 1. The minimum absolute atomic E-state index is 0.117. The number of nitrogens with two attached hydrogens (primary N) is 1. The second kappa shape index (κ2) is 10.3. The molecule has 0 radical (unpaired) electrons. The van der Waals surface area contributed by atoms with E-state index in [1.54, 1.807) is 20.4 Å². The molecule has 2 heterocycles. The van der Waals surface area contributed by atoms with E-state index in [-0.39, 0.29) is 17.8 Å². The van der Waals surface area contributed by atoms with Crippen LogP contribution in [0.2, 0.25) is 0 Å². The lowest BCUT2D eigenvalue weighted by Gasteiger charge is -2.33. The second-order valence-corrected chi connectivity index (χ2v) is 8.28. The standard InChI is InChI=1S/C26H30N4O3/c1-32-21-10-5-18(6-11-21)7-14-24(31)30-15-3-4-20(17-30)25-23(16-28-26(27)29-25)19-8-12-22(33-2)13-9-19/h5-6,8-13,16,20H,3-4,7,14-15,17H2,1-2H3,(H2,27,28,29). The number of hydrogen-bond acceptors (Lipinski definition) is 6. The summed E-state index contributed by atoms with van der Waals surface area (Å²) in [7, 11) is 3.30. The van der Waals surface area contributed by atoms with Gasteiger partial charge in [0.05, 0.1) is 19.9 Å². The van der Waals surface area contributed by atoms with Crippen molar-refractivity contribution in [3.8, 4) is 22.6 Å². The first-order valence-electron chi connectivity index (χ1n) is 11.2. The number of amides is 1. The normalized spacial score (nSPS) is 15.8.